The van der Waals surface area contributed by atoms with Gasteiger partial charge >= 0.3 is 5.97 Å². The highest BCUT2D eigenvalue weighted by molar-refractivity contribution is 5.82. The first-order chi connectivity index (χ1) is 18.3. The van der Waals surface area contributed by atoms with Gasteiger partial charge < -0.3 is 24.6 Å². The fraction of sp³-hybridized carbons (Fsp3) is 0.321. The van der Waals surface area contributed by atoms with Gasteiger partial charge in [-0.3, -0.25) is 9.59 Å². The second-order valence-corrected chi connectivity index (χ2v) is 9.18. The zero-order valence-electron chi connectivity index (χ0n) is 20.9. The van der Waals surface area contributed by atoms with E-state index in [1.165, 1.54) is 6.92 Å². The molecule has 2 unspecified atom stereocenters. The van der Waals surface area contributed by atoms with Crippen LogP contribution in [0.4, 0.5) is 0 Å². The normalized spacial score (nSPS) is 15.5. The number of nitriles is 1. The molecule has 2 aromatic carbocycles. The molecular formula is C28H28N4O6. The van der Waals surface area contributed by atoms with Gasteiger partial charge in [0.15, 0.2) is 0 Å². The summed E-state index contributed by atoms with van der Waals surface area (Å²) in [5, 5.41) is 24.8. The standard InChI is InChI=1S/C28H28N4O6/c1-18(33)30-25(28(35)36)15-23-14-24(31-38-23)26-6-3-11-32(26)27(34)13-19-7-9-22(10-8-19)37-17-21-5-2-4-20(12-21)16-29/h2,4-5,7-10,12,14,25-26H,3,6,11,13,15,17H2,1H3,(H,30,33)(H,35,36). The van der Waals surface area contributed by atoms with Crippen molar-refractivity contribution in [2.45, 2.75) is 51.3 Å². The van der Waals surface area contributed by atoms with E-state index < -0.39 is 17.9 Å². The van der Waals surface area contributed by atoms with E-state index >= 15 is 0 Å². The van der Waals surface area contributed by atoms with Gasteiger partial charge in [0, 0.05) is 26.0 Å². The SMILES string of the molecule is CC(=O)NC(Cc1cc(C2CCCN2C(=O)Cc2ccc(OCc3cccc(C#N)c3)cc2)no1)C(=O)O. The summed E-state index contributed by atoms with van der Waals surface area (Å²) < 4.78 is 11.1. The molecule has 1 saturated heterocycles. The maximum absolute atomic E-state index is 13.1. The van der Waals surface area contributed by atoms with Crippen molar-refractivity contribution >= 4 is 17.8 Å². The molecule has 4 rings (SSSR count). The summed E-state index contributed by atoms with van der Waals surface area (Å²) in [7, 11) is 0. The number of carbonyl (C=O) groups excluding carboxylic acids is 2. The number of carboxylic acid groups (broad SMARTS) is 1. The van der Waals surface area contributed by atoms with Crippen molar-refractivity contribution in [1.82, 2.24) is 15.4 Å². The highest BCUT2D eigenvalue weighted by Gasteiger charge is 2.32. The van der Waals surface area contributed by atoms with E-state index in [4.69, 9.17) is 14.5 Å². The Balaban J connectivity index is 1.34. The van der Waals surface area contributed by atoms with Gasteiger partial charge in [0.25, 0.3) is 0 Å². The monoisotopic (exact) mass is 516 g/mol. The smallest absolute Gasteiger partial charge is 0.326 e. The molecule has 1 aliphatic rings. The minimum Gasteiger partial charge on any atom is -0.489 e. The first-order valence-electron chi connectivity index (χ1n) is 12.3. The second kappa shape index (κ2) is 12.1. The van der Waals surface area contributed by atoms with Crippen molar-refractivity contribution in [2.75, 3.05) is 6.54 Å². The lowest BCUT2D eigenvalue weighted by molar-refractivity contribution is -0.141. The molecule has 2 heterocycles. The van der Waals surface area contributed by atoms with Crippen molar-refractivity contribution in [2.24, 2.45) is 0 Å². The molecule has 3 aromatic rings. The Bertz CT molecular complexity index is 1340. The molecule has 10 nitrogen and oxygen atoms in total. The number of aliphatic carboxylic acids is 1. The summed E-state index contributed by atoms with van der Waals surface area (Å²) in [5.41, 5.74) is 2.89. The minimum atomic E-state index is -1.17. The number of hydrogen-bond donors (Lipinski definition) is 2. The second-order valence-electron chi connectivity index (χ2n) is 9.18. The van der Waals surface area contributed by atoms with Gasteiger partial charge in [-0.25, -0.2) is 4.79 Å². The molecule has 196 valence electrons. The van der Waals surface area contributed by atoms with E-state index in [1.54, 1.807) is 23.1 Å². The number of nitrogens with one attached hydrogen (secondary N) is 1. The number of rotatable bonds is 10. The van der Waals surface area contributed by atoms with E-state index in [1.807, 2.05) is 36.4 Å². The van der Waals surface area contributed by atoms with Gasteiger partial charge in [-0.1, -0.05) is 29.4 Å². The Labute approximate surface area is 219 Å². The maximum Gasteiger partial charge on any atom is 0.326 e. The number of carbonyl (C=O) groups is 3. The van der Waals surface area contributed by atoms with Crippen LogP contribution in [0.3, 0.4) is 0 Å². The zero-order chi connectivity index (χ0) is 27.1. The number of aromatic nitrogens is 1. The Morgan fingerprint density at radius 3 is 2.71 bits per heavy atom. The molecule has 0 spiro atoms. The van der Waals surface area contributed by atoms with Crippen LogP contribution in [0.15, 0.2) is 59.1 Å². The van der Waals surface area contributed by atoms with E-state index in [2.05, 4.69) is 16.5 Å². The molecule has 1 fully saturated rings. The van der Waals surface area contributed by atoms with Gasteiger partial charge in [-0.2, -0.15) is 5.26 Å². The zero-order valence-corrected chi connectivity index (χ0v) is 20.9. The molecule has 0 radical (unpaired) electrons. The number of ether oxygens (including phenoxy) is 1. The summed E-state index contributed by atoms with van der Waals surface area (Å²) in [6.45, 7) is 2.18. The topological polar surface area (TPSA) is 146 Å². The third-order valence-corrected chi connectivity index (χ3v) is 6.31. The lowest BCUT2D eigenvalue weighted by atomic mass is 10.1. The summed E-state index contributed by atoms with van der Waals surface area (Å²) >= 11 is 0. The molecule has 1 aromatic heterocycles. The van der Waals surface area contributed by atoms with Crippen LogP contribution in [0.5, 0.6) is 5.75 Å². The van der Waals surface area contributed by atoms with Gasteiger partial charge in [0.2, 0.25) is 11.8 Å². The van der Waals surface area contributed by atoms with Crippen LogP contribution in [0, 0.1) is 11.3 Å². The Hall–Kier alpha value is -4.65. The molecule has 38 heavy (non-hydrogen) atoms. The summed E-state index contributed by atoms with van der Waals surface area (Å²) in [4.78, 5) is 37.6. The molecule has 0 saturated carbocycles. The molecule has 2 N–H and O–H groups in total. The lowest BCUT2D eigenvalue weighted by Gasteiger charge is -2.23. The van der Waals surface area contributed by atoms with Crippen LogP contribution in [0.2, 0.25) is 0 Å². The first kappa shape index (κ1) is 26.4. The first-order valence-corrected chi connectivity index (χ1v) is 12.3. The number of nitrogens with zero attached hydrogens (tertiary/aromatic N) is 3. The van der Waals surface area contributed by atoms with Crippen molar-refractivity contribution in [3.8, 4) is 11.8 Å². The van der Waals surface area contributed by atoms with Gasteiger partial charge in [0.1, 0.15) is 29.9 Å². The largest absolute Gasteiger partial charge is 0.489 e. The fourth-order valence-corrected chi connectivity index (χ4v) is 4.48. The summed E-state index contributed by atoms with van der Waals surface area (Å²) in [5.74, 6) is -0.664. The fourth-order valence-electron chi connectivity index (χ4n) is 4.48. The van der Waals surface area contributed by atoms with Crippen molar-refractivity contribution in [1.29, 1.82) is 5.26 Å². The van der Waals surface area contributed by atoms with Crippen molar-refractivity contribution in [3.05, 3.63) is 82.7 Å². The molecule has 2 atom stereocenters. The lowest BCUT2D eigenvalue weighted by Crippen LogP contribution is -2.41. The Kier molecular flexibility index (Phi) is 8.38. The van der Waals surface area contributed by atoms with Crippen LogP contribution >= 0.6 is 0 Å². The average Bonchev–Trinajstić information content (AvgIpc) is 3.57. The maximum atomic E-state index is 13.1. The van der Waals surface area contributed by atoms with Crippen LogP contribution in [0.1, 0.15) is 54.0 Å². The quantitative estimate of drug-likeness (QED) is 0.418. The third-order valence-electron chi connectivity index (χ3n) is 6.31. The Morgan fingerprint density at radius 2 is 2.00 bits per heavy atom. The minimum absolute atomic E-state index is 0.0409. The van der Waals surface area contributed by atoms with E-state index in [0.29, 0.717) is 35.9 Å². The van der Waals surface area contributed by atoms with E-state index in [-0.39, 0.29) is 24.8 Å². The predicted octanol–water partition coefficient (Wildman–Crippen LogP) is 3.16. The van der Waals surface area contributed by atoms with Crippen LogP contribution in [-0.4, -0.2) is 45.5 Å². The highest BCUT2D eigenvalue weighted by atomic mass is 16.5. The molecule has 0 bridgehead atoms. The van der Waals surface area contributed by atoms with Crippen LogP contribution < -0.4 is 10.1 Å². The number of hydrogen-bond acceptors (Lipinski definition) is 7. The van der Waals surface area contributed by atoms with Gasteiger partial charge in [0.05, 0.1) is 24.1 Å². The molecule has 0 aliphatic carbocycles. The Morgan fingerprint density at radius 1 is 1.21 bits per heavy atom. The number of amides is 2. The molecular weight excluding hydrogens is 488 g/mol. The average molecular weight is 517 g/mol. The number of likely N-dealkylation sites (tertiary alicyclic amines) is 1. The van der Waals surface area contributed by atoms with Crippen molar-refractivity contribution in [3.63, 3.8) is 0 Å². The van der Waals surface area contributed by atoms with E-state index in [0.717, 1.165) is 24.0 Å². The molecule has 2 amide bonds. The van der Waals surface area contributed by atoms with Crippen molar-refractivity contribution < 1.29 is 28.8 Å². The van der Waals surface area contributed by atoms with Crippen LogP contribution in [0.25, 0.3) is 0 Å². The summed E-state index contributed by atoms with van der Waals surface area (Å²) in [6.07, 6.45) is 1.73. The van der Waals surface area contributed by atoms with Gasteiger partial charge in [-0.15, -0.1) is 0 Å². The summed E-state index contributed by atoms with van der Waals surface area (Å²) in [6, 6.07) is 17.0. The van der Waals surface area contributed by atoms with Crippen LogP contribution in [-0.2, 0) is 33.8 Å². The van der Waals surface area contributed by atoms with E-state index in [9.17, 15) is 19.5 Å². The number of benzene rings is 2. The number of carboxylic acids is 1. The molecule has 1 aliphatic heterocycles. The third kappa shape index (κ3) is 6.76. The van der Waals surface area contributed by atoms with Gasteiger partial charge in [-0.05, 0) is 48.2 Å². The molecule has 10 heteroatoms. The highest BCUT2D eigenvalue weighted by Crippen LogP contribution is 2.32. The predicted molar refractivity (Wildman–Crippen MR) is 135 cm³/mol.